The van der Waals surface area contributed by atoms with E-state index in [-0.39, 0.29) is 0 Å². The molecule has 0 saturated heterocycles. The van der Waals surface area contributed by atoms with E-state index < -0.39 is 0 Å². The van der Waals surface area contributed by atoms with Gasteiger partial charge in [-0.3, -0.25) is 0 Å². The van der Waals surface area contributed by atoms with E-state index in [1.165, 1.54) is 0 Å². The van der Waals surface area contributed by atoms with Gasteiger partial charge in [0.2, 0.25) is 0 Å². The summed E-state index contributed by atoms with van der Waals surface area (Å²) < 4.78 is 32.5. The first-order chi connectivity index (χ1) is 16.5. The third-order valence-corrected chi connectivity index (χ3v) is 4.36. The lowest BCUT2D eigenvalue weighted by atomic mass is 10.1. The Hall–Kier alpha value is -1.78. The van der Waals surface area contributed by atoms with Gasteiger partial charge in [0, 0.05) is 18.8 Å². The Bertz CT molecular complexity index is 604. The molecule has 0 heterocycles. The van der Waals surface area contributed by atoms with E-state index in [2.05, 4.69) is 25.1 Å². The Morgan fingerprint density at radius 1 is 0.676 bits per heavy atom. The number of hydrogen-bond donors (Lipinski definition) is 2. The highest BCUT2D eigenvalue weighted by Gasteiger charge is 2.00. The SMILES string of the molecule is C=C(/C=C(\C)C(=C)/C=C\C)C(=C)NCCOCCOCCOCCOCCOCCOCCN. The van der Waals surface area contributed by atoms with E-state index in [9.17, 15) is 0 Å². The quantitative estimate of drug-likeness (QED) is 0.152. The lowest BCUT2D eigenvalue weighted by molar-refractivity contribution is -0.0161. The summed E-state index contributed by atoms with van der Waals surface area (Å²) in [5.74, 6) is 0. The van der Waals surface area contributed by atoms with E-state index >= 15 is 0 Å². The Balaban J connectivity index is 3.41. The molecule has 0 aliphatic rings. The normalized spacial score (nSPS) is 11.8. The number of allylic oxidation sites excluding steroid dienone is 5. The van der Waals surface area contributed by atoms with Crippen LogP contribution >= 0.6 is 0 Å². The number of nitrogens with one attached hydrogen (secondary N) is 1. The van der Waals surface area contributed by atoms with Crippen molar-refractivity contribution in [3.63, 3.8) is 0 Å². The van der Waals surface area contributed by atoms with Crippen molar-refractivity contribution in [1.29, 1.82) is 0 Å². The molecule has 0 atom stereocenters. The van der Waals surface area contributed by atoms with Crippen molar-refractivity contribution < 1.29 is 28.4 Å². The van der Waals surface area contributed by atoms with Crippen molar-refractivity contribution >= 4 is 0 Å². The van der Waals surface area contributed by atoms with E-state index in [1.54, 1.807) is 0 Å². The number of hydrogen-bond acceptors (Lipinski definition) is 8. The molecule has 0 aromatic rings. The van der Waals surface area contributed by atoms with E-state index in [0.717, 1.165) is 22.4 Å². The van der Waals surface area contributed by atoms with Gasteiger partial charge in [0.05, 0.1) is 79.3 Å². The summed E-state index contributed by atoms with van der Waals surface area (Å²) in [7, 11) is 0. The molecule has 0 spiro atoms. The monoisotopic (exact) mass is 482 g/mol. The Morgan fingerprint density at radius 3 is 1.50 bits per heavy atom. The fourth-order valence-corrected chi connectivity index (χ4v) is 2.45. The predicted octanol–water partition coefficient (Wildman–Crippen LogP) is 2.78. The van der Waals surface area contributed by atoms with Gasteiger partial charge in [0.15, 0.2) is 0 Å². The molecule has 0 saturated carbocycles. The third kappa shape index (κ3) is 20.8. The fraction of sp³-hybridized carbons (Fsp3) is 0.615. The summed E-state index contributed by atoms with van der Waals surface area (Å²) in [5.41, 5.74) is 8.94. The van der Waals surface area contributed by atoms with Crippen LogP contribution in [-0.4, -0.2) is 92.4 Å². The van der Waals surface area contributed by atoms with Crippen LogP contribution in [0.5, 0.6) is 0 Å². The molecule has 0 rings (SSSR count). The summed E-state index contributed by atoms with van der Waals surface area (Å²) >= 11 is 0. The molecule has 0 aliphatic carbocycles. The van der Waals surface area contributed by atoms with Gasteiger partial charge in [-0.2, -0.15) is 0 Å². The molecule has 3 N–H and O–H groups in total. The number of rotatable bonds is 25. The molecule has 0 unspecified atom stereocenters. The molecule has 8 heteroatoms. The maximum absolute atomic E-state index is 5.55. The molecule has 0 bridgehead atoms. The van der Waals surface area contributed by atoms with Crippen LogP contribution in [0.25, 0.3) is 0 Å². The lowest BCUT2D eigenvalue weighted by Crippen LogP contribution is -2.20. The molecule has 196 valence electrons. The molecular weight excluding hydrogens is 436 g/mol. The van der Waals surface area contributed by atoms with Crippen LogP contribution in [0.4, 0.5) is 0 Å². The average Bonchev–Trinajstić information content (AvgIpc) is 2.82. The van der Waals surface area contributed by atoms with Gasteiger partial charge in [-0.15, -0.1) is 0 Å². The molecule has 0 aliphatic heterocycles. The number of nitrogens with two attached hydrogens (primary N) is 1. The topological polar surface area (TPSA) is 93.4 Å². The minimum atomic E-state index is 0.522. The summed E-state index contributed by atoms with van der Waals surface area (Å²) in [6, 6.07) is 0. The standard InChI is InChI=1S/C26H46N2O6/c1-6-7-23(2)24(3)22-25(4)26(5)28-9-11-30-13-15-32-17-19-34-21-20-33-18-16-31-14-12-29-10-8-27/h6-7,22,28H,2,4-5,8-21,27H2,1,3H3/b7-6-,24-22+. The summed E-state index contributed by atoms with van der Waals surface area (Å²) in [6.07, 6.45) is 5.90. The molecular formula is C26H46N2O6. The minimum Gasteiger partial charge on any atom is -0.383 e. The van der Waals surface area contributed by atoms with Gasteiger partial charge in [-0.25, -0.2) is 0 Å². The maximum atomic E-state index is 5.55. The van der Waals surface area contributed by atoms with E-state index in [0.29, 0.717) is 92.4 Å². The zero-order valence-corrected chi connectivity index (χ0v) is 21.3. The Kier molecular flexibility index (Phi) is 23.1. The van der Waals surface area contributed by atoms with Crippen molar-refractivity contribution in [3.8, 4) is 0 Å². The van der Waals surface area contributed by atoms with Crippen molar-refractivity contribution in [2.24, 2.45) is 5.73 Å². The largest absolute Gasteiger partial charge is 0.383 e. The molecule has 8 nitrogen and oxygen atoms in total. The first-order valence-corrected chi connectivity index (χ1v) is 11.8. The van der Waals surface area contributed by atoms with Crippen LogP contribution in [0.15, 0.2) is 60.4 Å². The van der Waals surface area contributed by atoms with Gasteiger partial charge in [-0.05, 0) is 30.6 Å². The predicted molar refractivity (Wildman–Crippen MR) is 138 cm³/mol. The molecule has 0 fully saturated rings. The summed E-state index contributed by atoms with van der Waals surface area (Å²) in [5, 5.41) is 3.21. The molecule has 0 aromatic heterocycles. The fourth-order valence-electron chi connectivity index (χ4n) is 2.45. The lowest BCUT2D eigenvalue weighted by Gasteiger charge is -2.11. The molecule has 34 heavy (non-hydrogen) atoms. The van der Waals surface area contributed by atoms with Crippen molar-refractivity contribution in [2.45, 2.75) is 13.8 Å². The van der Waals surface area contributed by atoms with Gasteiger partial charge >= 0.3 is 0 Å². The second-order valence-electron chi connectivity index (χ2n) is 7.25. The Labute approximate surface area is 206 Å². The van der Waals surface area contributed by atoms with Crippen molar-refractivity contribution in [1.82, 2.24) is 5.32 Å². The average molecular weight is 483 g/mol. The van der Waals surface area contributed by atoms with Gasteiger partial charge in [-0.1, -0.05) is 38.0 Å². The van der Waals surface area contributed by atoms with Crippen LogP contribution in [0, 0.1) is 0 Å². The molecule has 0 amide bonds. The van der Waals surface area contributed by atoms with Crippen LogP contribution in [0.3, 0.4) is 0 Å². The van der Waals surface area contributed by atoms with Gasteiger partial charge < -0.3 is 39.5 Å². The van der Waals surface area contributed by atoms with Gasteiger partial charge in [0.1, 0.15) is 0 Å². The highest BCUT2D eigenvalue weighted by molar-refractivity contribution is 5.44. The van der Waals surface area contributed by atoms with Crippen molar-refractivity contribution in [3.05, 3.63) is 60.4 Å². The van der Waals surface area contributed by atoms with Crippen LogP contribution in [-0.2, 0) is 28.4 Å². The summed E-state index contributed by atoms with van der Waals surface area (Å²) in [6.45, 7) is 23.7. The van der Waals surface area contributed by atoms with Gasteiger partial charge in [0.25, 0.3) is 0 Å². The molecule has 0 aromatic carbocycles. The van der Waals surface area contributed by atoms with Crippen LogP contribution in [0.2, 0.25) is 0 Å². The zero-order valence-electron chi connectivity index (χ0n) is 21.3. The smallest absolute Gasteiger partial charge is 0.0701 e. The maximum Gasteiger partial charge on any atom is 0.0701 e. The highest BCUT2D eigenvalue weighted by atomic mass is 16.6. The number of ether oxygens (including phenoxy) is 6. The highest BCUT2D eigenvalue weighted by Crippen LogP contribution is 2.13. The van der Waals surface area contributed by atoms with Crippen LogP contribution < -0.4 is 11.1 Å². The minimum absolute atomic E-state index is 0.522. The first kappa shape index (κ1) is 32.2. The second-order valence-corrected chi connectivity index (χ2v) is 7.25. The first-order valence-electron chi connectivity index (χ1n) is 11.8. The van der Waals surface area contributed by atoms with E-state index in [4.69, 9.17) is 34.2 Å². The molecule has 0 radical (unpaired) electrons. The van der Waals surface area contributed by atoms with Crippen molar-refractivity contribution in [2.75, 3.05) is 92.4 Å². The Morgan fingerprint density at radius 2 is 1.09 bits per heavy atom. The zero-order chi connectivity index (χ0) is 25.3. The summed E-state index contributed by atoms with van der Waals surface area (Å²) in [4.78, 5) is 0. The third-order valence-electron chi connectivity index (χ3n) is 4.36. The van der Waals surface area contributed by atoms with E-state index in [1.807, 2.05) is 32.1 Å². The second kappa shape index (κ2) is 24.3. The van der Waals surface area contributed by atoms with Crippen LogP contribution in [0.1, 0.15) is 13.8 Å².